The Hall–Kier alpha value is -0.453. The summed E-state index contributed by atoms with van der Waals surface area (Å²) in [5, 5.41) is 0. The Morgan fingerprint density at radius 3 is 2.33 bits per heavy atom. The molecule has 0 aromatic rings. The summed E-state index contributed by atoms with van der Waals surface area (Å²) in [6.07, 6.45) is -2.14. The fraction of sp³-hybridized carbons (Fsp3) is 0.857. The van der Waals surface area contributed by atoms with Crippen LogP contribution >= 0.6 is 0 Å². The lowest BCUT2D eigenvalue weighted by Crippen LogP contribution is -2.35. The fourth-order valence-electron chi connectivity index (χ4n) is 0.970. The van der Waals surface area contributed by atoms with Crippen LogP contribution < -0.4 is 0 Å². The topological polar surface area (TPSA) is 26.3 Å². The Morgan fingerprint density at radius 2 is 2.00 bits per heavy atom. The van der Waals surface area contributed by atoms with E-state index in [9.17, 15) is 13.6 Å². The highest BCUT2D eigenvalue weighted by molar-refractivity contribution is 6.72. The zero-order valence-electron chi connectivity index (χ0n) is 7.56. The van der Waals surface area contributed by atoms with Gasteiger partial charge in [-0.25, -0.2) is 4.79 Å². The Labute approximate surface area is 72.0 Å². The van der Waals surface area contributed by atoms with E-state index in [1.165, 1.54) is 0 Å². The molecule has 0 atom stereocenters. The predicted octanol–water partition coefficient (Wildman–Crippen LogP) is 2.41. The predicted molar refractivity (Wildman–Crippen MR) is 44.7 cm³/mol. The molecule has 0 heterocycles. The smallest absolute Gasteiger partial charge is 0.360 e. The third-order valence-corrected chi connectivity index (χ3v) is 3.87. The van der Waals surface area contributed by atoms with E-state index in [-0.39, 0.29) is 0 Å². The summed E-state index contributed by atoms with van der Waals surface area (Å²) in [4.78, 5) is 10.5. The molecule has 0 saturated heterocycles. The van der Waals surface area contributed by atoms with Gasteiger partial charge in [0.15, 0.2) is 0 Å². The summed E-state index contributed by atoms with van der Waals surface area (Å²) >= 11 is 0. The van der Waals surface area contributed by atoms with Gasteiger partial charge in [-0.1, -0.05) is 13.3 Å². The van der Waals surface area contributed by atoms with Crippen LogP contribution in [-0.4, -0.2) is 20.7 Å². The van der Waals surface area contributed by atoms with Crippen LogP contribution in [0.3, 0.4) is 0 Å². The van der Waals surface area contributed by atoms with Gasteiger partial charge in [0.2, 0.25) is 8.32 Å². The number of hydrogen-bond acceptors (Lipinski definition) is 2. The molecule has 0 rings (SSSR count). The third-order valence-electron chi connectivity index (χ3n) is 1.41. The van der Waals surface area contributed by atoms with Crippen molar-refractivity contribution >= 4 is 14.3 Å². The van der Waals surface area contributed by atoms with Crippen LogP contribution in [0.15, 0.2) is 0 Å². The maximum Gasteiger partial charge on any atom is 0.360 e. The second-order valence-corrected chi connectivity index (χ2v) is 7.45. The van der Waals surface area contributed by atoms with E-state index >= 15 is 0 Å². The molecule has 12 heavy (non-hydrogen) atoms. The highest BCUT2D eigenvalue weighted by Crippen LogP contribution is 2.14. The largest absolute Gasteiger partial charge is 0.515 e. The maximum absolute atomic E-state index is 11.7. The summed E-state index contributed by atoms with van der Waals surface area (Å²) in [6.45, 7) is 5.46. The van der Waals surface area contributed by atoms with Crippen molar-refractivity contribution in [3.8, 4) is 0 Å². The van der Waals surface area contributed by atoms with Crippen molar-refractivity contribution in [2.75, 3.05) is 0 Å². The maximum atomic E-state index is 11.7. The van der Waals surface area contributed by atoms with Crippen molar-refractivity contribution in [3.63, 3.8) is 0 Å². The molecule has 0 aliphatic heterocycles. The second kappa shape index (κ2) is 4.54. The first-order valence-electron chi connectivity index (χ1n) is 3.90. The van der Waals surface area contributed by atoms with E-state index in [1.54, 1.807) is 13.1 Å². The zero-order valence-corrected chi connectivity index (χ0v) is 8.56. The molecule has 2 nitrogen and oxygen atoms in total. The van der Waals surface area contributed by atoms with E-state index in [4.69, 9.17) is 0 Å². The van der Waals surface area contributed by atoms with E-state index in [2.05, 4.69) is 4.43 Å². The molecule has 5 heteroatoms. The Balaban J connectivity index is 3.96. The first-order chi connectivity index (χ1) is 5.39. The summed E-state index contributed by atoms with van der Waals surface area (Å²) in [5.41, 5.74) is 0. The van der Waals surface area contributed by atoms with Gasteiger partial charge in [0, 0.05) is 0 Å². The van der Waals surface area contributed by atoms with Crippen molar-refractivity contribution in [3.05, 3.63) is 0 Å². The van der Waals surface area contributed by atoms with Crippen LogP contribution in [-0.2, 0) is 9.22 Å². The molecule has 0 aliphatic carbocycles. The van der Waals surface area contributed by atoms with E-state index < -0.39 is 20.7 Å². The van der Waals surface area contributed by atoms with Crippen LogP contribution in [0.5, 0.6) is 0 Å². The van der Waals surface area contributed by atoms with Crippen molar-refractivity contribution in [2.24, 2.45) is 0 Å². The van der Waals surface area contributed by atoms with Crippen LogP contribution in [0.1, 0.15) is 13.3 Å². The van der Waals surface area contributed by atoms with Gasteiger partial charge in [-0.15, -0.1) is 0 Å². The van der Waals surface area contributed by atoms with Crippen LogP contribution in [0.4, 0.5) is 8.78 Å². The minimum Gasteiger partial charge on any atom is -0.515 e. The van der Waals surface area contributed by atoms with Gasteiger partial charge in [0.25, 0.3) is 0 Å². The van der Waals surface area contributed by atoms with Gasteiger partial charge in [-0.3, -0.25) is 0 Å². The number of halogens is 2. The van der Waals surface area contributed by atoms with Gasteiger partial charge in [-0.05, 0) is 19.1 Å². The average molecular weight is 196 g/mol. The second-order valence-electron chi connectivity index (χ2n) is 3.23. The van der Waals surface area contributed by atoms with Gasteiger partial charge in [0.05, 0.1) is 0 Å². The average Bonchev–Trinajstić information content (AvgIpc) is 1.85. The van der Waals surface area contributed by atoms with Gasteiger partial charge >= 0.3 is 12.4 Å². The van der Waals surface area contributed by atoms with Crippen molar-refractivity contribution in [1.82, 2.24) is 0 Å². The molecule has 0 fully saturated rings. The van der Waals surface area contributed by atoms with E-state index in [0.29, 0.717) is 0 Å². The number of carbonyl (C=O) groups is 1. The van der Waals surface area contributed by atoms with Crippen molar-refractivity contribution in [2.45, 2.75) is 38.9 Å². The SMILES string of the molecule is CCC[Si](C)(C)OC(=O)C(F)F. The van der Waals surface area contributed by atoms with Crippen molar-refractivity contribution < 1.29 is 18.0 Å². The van der Waals surface area contributed by atoms with Crippen LogP contribution in [0, 0.1) is 0 Å². The molecule has 0 N–H and O–H groups in total. The molecule has 0 unspecified atom stereocenters. The monoisotopic (exact) mass is 196 g/mol. The summed E-state index contributed by atoms with van der Waals surface area (Å²) in [7, 11) is -2.16. The standard InChI is InChI=1S/C7H14F2O2Si/c1-4-5-12(2,3)11-7(10)6(8)9/h6H,4-5H2,1-3H3. The molecule has 0 aliphatic rings. The van der Waals surface area contributed by atoms with Gasteiger partial charge in [-0.2, -0.15) is 8.78 Å². The number of hydrogen-bond donors (Lipinski definition) is 0. The molecular weight excluding hydrogens is 182 g/mol. The molecule has 0 aromatic heterocycles. The number of alkyl halides is 2. The molecule has 0 saturated carbocycles. The van der Waals surface area contributed by atoms with Crippen LogP contribution in [0.25, 0.3) is 0 Å². The lowest BCUT2D eigenvalue weighted by molar-refractivity contribution is -0.147. The molecule has 0 amide bonds. The quantitative estimate of drug-likeness (QED) is 0.645. The Kier molecular flexibility index (Phi) is 4.37. The van der Waals surface area contributed by atoms with Gasteiger partial charge < -0.3 is 4.43 Å². The molecule has 0 radical (unpaired) electrons. The normalized spacial score (nSPS) is 11.8. The number of rotatable bonds is 4. The fourth-order valence-corrected chi connectivity index (χ4v) is 2.91. The van der Waals surface area contributed by atoms with Crippen LogP contribution in [0.2, 0.25) is 19.1 Å². The molecule has 0 bridgehead atoms. The van der Waals surface area contributed by atoms with Gasteiger partial charge in [0.1, 0.15) is 0 Å². The highest BCUT2D eigenvalue weighted by atomic mass is 28.4. The van der Waals surface area contributed by atoms with E-state index in [0.717, 1.165) is 12.5 Å². The lowest BCUT2D eigenvalue weighted by atomic mass is 10.6. The molecule has 0 aromatic carbocycles. The summed E-state index contributed by atoms with van der Waals surface area (Å²) in [5.74, 6) is -1.37. The zero-order chi connectivity index (χ0) is 9.78. The lowest BCUT2D eigenvalue weighted by Gasteiger charge is -2.21. The highest BCUT2D eigenvalue weighted by Gasteiger charge is 2.29. The Morgan fingerprint density at radius 1 is 1.50 bits per heavy atom. The molecular formula is C7H14F2O2Si. The summed E-state index contributed by atoms with van der Waals surface area (Å²) < 4.78 is 28.2. The third kappa shape index (κ3) is 4.43. The number of carbonyl (C=O) groups excluding carboxylic acids is 1. The van der Waals surface area contributed by atoms with E-state index in [1.807, 2.05) is 6.92 Å². The minimum atomic E-state index is -2.99. The molecule has 0 spiro atoms. The molecule has 72 valence electrons. The Bertz CT molecular complexity index is 159. The first kappa shape index (κ1) is 11.5. The minimum absolute atomic E-state index is 0.728. The summed E-state index contributed by atoms with van der Waals surface area (Å²) in [6, 6.07) is 0.728. The first-order valence-corrected chi connectivity index (χ1v) is 7.01. The van der Waals surface area contributed by atoms with Crippen molar-refractivity contribution in [1.29, 1.82) is 0 Å².